The average Bonchev–Trinajstić information content (AvgIpc) is 3.25. The van der Waals surface area contributed by atoms with Crippen LogP contribution in [0.15, 0.2) is 40.7 Å². The van der Waals surface area contributed by atoms with Crippen LogP contribution in [0.2, 0.25) is 0 Å². The van der Waals surface area contributed by atoms with Crippen LogP contribution >= 0.6 is 11.3 Å². The van der Waals surface area contributed by atoms with Gasteiger partial charge in [-0.05, 0) is 36.1 Å². The van der Waals surface area contributed by atoms with Crippen LogP contribution < -0.4 is 15.5 Å². The molecule has 1 aromatic heterocycles. The molecule has 0 radical (unpaired) electrons. The maximum atomic E-state index is 14.6. The molecule has 2 N–H and O–H groups in total. The van der Waals surface area contributed by atoms with Gasteiger partial charge in [0, 0.05) is 37.0 Å². The molecule has 7 heteroatoms. The Kier molecular flexibility index (Phi) is 7.68. The molecule has 1 atom stereocenters. The smallest absolute Gasteiger partial charge is 0.191 e. The molecule has 2 aromatic rings. The second kappa shape index (κ2) is 10.4. The van der Waals surface area contributed by atoms with Crippen molar-refractivity contribution in [2.24, 2.45) is 4.99 Å². The normalized spacial score (nSPS) is 16.1. The molecular formula is C21H29FN4OS. The number of benzene rings is 1. The molecular weight excluding hydrogens is 375 g/mol. The fraction of sp³-hybridized carbons (Fsp3) is 0.476. The summed E-state index contributed by atoms with van der Waals surface area (Å²) in [4.78, 5) is 8.00. The highest BCUT2D eigenvalue weighted by atomic mass is 32.1. The lowest BCUT2D eigenvalue weighted by Gasteiger charge is -2.29. The van der Waals surface area contributed by atoms with Crippen molar-refractivity contribution in [3.63, 3.8) is 0 Å². The number of guanidine groups is 1. The van der Waals surface area contributed by atoms with Gasteiger partial charge in [0.25, 0.3) is 0 Å². The Morgan fingerprint density at radius 3 is 2.79 bits per heavy atom. The maximum absolute atomic E-state index is 14.6. The molecule has 1 fully saturated rings. The second-order valence-corrected chi connectivity index (χ2v) is 7.86. The summed E-state index contributed by atoms with van der Waals surface area (Å²) in [5, 5.41) is 8.74. The fourth-order valence-electron chi connectivity index (χ4n) is 3.14. The first-order chi connectivity index (χ1) is 13.7. The lowest BCUT2D eigenvalue weighted by atomic mass is 10.1. The quantitative estimate of drug-likeness (QED) is 0.547. The molecule has 5 nitrogen and oxygen atoms in total. The summed E-state index contributed by atoms with van der Waals surface area (Å²) in [5.41, 5.74) is 1.50. The van der Waals surface area contributed by atoms with Crippen molar-refractivity contribution >= 4 is 23.0 Å². The van der Waals surface area contributed by atoms with Crippen LogP contribution in [0.5, 0.6) is 0 Å². The molecule has 1 unspecified atom stereocenters. The third-order valence-corrected chi connectivity index (χ3v) is 5.84. The molecule has 0 saturated carbocycles. The Morgan fingerprint density at radius 2 is 2.11 bits per heavy atom. The van der Waals surface area contributed by atoms with Crippen LogP contribution in [0.25, 0.3) is 0 Å². The van der Waals surface area contributed by atoms with Gasteiger partial charge in [0.2, 0.25) is 0 Å². The number of thiophene rings is 1. The number of rotatable bonds is 7. The van der Waals surface area contributed by atoms with E-state index in [1.807, 2.05) is 24.0 Å². The van der Waals surface area contributed by atoms with E-state index in [4.69, 9.17) is 4.74 Å². The standard InChI is InChI=1S/C21H29FN4OS/c1-3-23-21(24-14-16(2)20-5-4-12-28-20)25-15-17-6-7-19(18(22)13-17)26-8-10-27-11-9-26/h4-7,12-13,16H,3,8-11,14-15H2,1-2H3,(H2,23,24,25). The van der Waals surface area contributed by atoms with Crippen molar-refractivity contribution in [2.45, 2.75) is 26.3 Å². The van der Waals surface area contributed by atoms with Gasteiger partial charge in [-0.2, -0.15) is 0 Å². The first-order valence-electron chi connectivity index (χ1n) is 9.84. The van der Waals surface area contributed by atoms with E-state index >= 15 is 0 Å². The average molecular weight is 405 g/mol. The number of aliphatic imine (C=N–C) groups is 1. The second-order valence-electron chi connectivity index (χ2n) is 6.88. The zero-order valence-corrected chi connectivity index (χ0v) is 17.4. The molecule has 1 aliphatic rings. The van der Waals surface area contributed by atoms with E-state index in [2.05, 4.69) is 40.1 Å². The van der Waals surface area contributed by atoms with Crippen molar-refractivity contribution in [1.29, 1.82) is 0 Å². The third kappa shape index (κ3) is 5.69. The highest BCUT2D eigenvalue weighted by molar-refractivity contribution is 7.10. The van der Waals surface area contributed by atoms with Crippen LogP contribution in [-0.4, -0.2) is 45.4 Å². The Bertz CT molecular complexity index is 760. The van der Waals surface area contributed by atoms with Gasteiger partial charge in [-0.1, -0.05) is 19.1 Å². The van der Waals surface area contributed by atoms with Gasteiger partial charge in [0.05, 0.1) is 25.4 Å². The predicted octanol–water partition coefficient (Wildman–Crippen LogP) is 3.58. The zero-order valence-electron chi connectivity index (χ0n) is 16.6. The van der Waals surface area contributed by atoms with E-state index in [0.29, 0.717) is 31.4 Å². The molecule has 28 heavy (non-hydrogen) atoms. The van der Waals surface area contributed by atoms with Crippen molar-refractivity contribution in [3.8, 4) is 0 Å². The number of nitrogens with zero attached hydrogens (tertiary/aromatic N) is 2. The first-order valence-corrected chi connectivity index (χ1v) is 10.7. The van der Waals surface area contributed by atoms with E-state index in [1.165, 1.54) is 4.88 Å². The topological polar surface area (TPSA) is 48.9 Å². The lowest BCUT2D eigenvalue weighted by Crippen LogP contribution is -2.39. The molecule has 152 valence electrons. The molecule has 0 amide bonds. The number of hydrogen-bond acceptors (Lipinski definition) is 4. The Hall–Kier alpha value is -2.12. The van der Waals surface area contributed by atoms with Gasteiger partial charge in [-0.15, -0.1) is 11.3 Å². The summed E-state index contributed by atoms with van der Waals surface area (Å²) in [6.07, 6.45) is 0. The fourth-order valence-corrected chi connectivity index (χ4v) is 3.93. The maximum Gasteiger partial charge on any atom is 0.191 e. The van der Waals surface area contributed by atoms with Crippen molar-refractivity contribution < 1.29 is 9.13 Å². The van der Waals surface area contributed by atoms with Crippen molar-refractivity contribution in [2.75, 3.05) is 44.3 Å². The van der Waals surface area contributed by atoms with E-state index < -0.39 is 0 Å². The molecule has 3 rings (SSSR count). The summed E-state index contributed by atoms with van der Waals surface area (Å²) in [6.45, 7) is 9.00. The van der Waals surface area contributed by atoms with Gasteiger partial charge in [0.1, 0.15) is 5.82 Å². The summed E-state index contributed by atoms with van der Waals surface area (Å²) in [5.74, 6) is 0.969. The van der Waals surface area contributed by atoms with Crippen LogP contribution in [0.4, 0.5) is 10.1 Å². The van der Waals surface area contributed by atoms with E-state index in [-0.39, 0.29) is 5.82 Å². The zero-order chi connectivity index (χ0) is 19.8. The largest absolute Gasteiger partial charge is 0.378 e. The summed E-state index contributed by atoms with van der Waals surface area (Å²) >= 11 is 1.77. The minimum atomic E-state index is -0.195. The SMILES string of the molecule is CCNC(=NCc1ccc(N2CCOCC2)c(F)c1)NCC(C)c1cccs1. The van der Waals surface area contributed by atoms with Crippen LogP contribution in [0.3, 0.4) is 0 Å². The molecule has 0 aliphatic carbocycles. The molecule has 2 heterocycles. The van der Waals surface area contributed by atoms with Crippen molar-refractivity contribution in [1.82, 2.24) is 10.6 Å². The Balaban J connectivity index is 1.59. The predicted molar refractivity (Wildman–Crippen MR) is 115 cm³/mol. The molecule has 0 spiro atoms. The van der Waals surface area contributed by atoms with Gasteiger partial charge in [-0.3, -0.25) is 0 Å². The number of hydrogen-bond donors (Lipinski definition) is 2. The van der Waals surface area contributed by atoms with E-state index in [0.717, 1.165) is 37.7 Å². The lowest BCUT2D eigenvalue weighted by molar-refractivity contribution is 0.122. The number of halogens is 1. The monoisotopic (exact) mass is 404 g/mol. The van der Waals surface area contributed by atoms with Crippen LogP contribution in [-0.2, 0) is 11.3 Å². The van der Waals surface area contributed by atoms with E-state index in [9.17, 15) is 4.39 Å². The van der Waals surface area contributed by atoms with Gasteiger partial charge in [0.15, 0.2) is 5.96 Å². The van der Waals surface area contributed by atoms with Crippen molar-refractivity contribution in [3.05, 3.63) is 52.0 Å². The highest BCUT2D eigenvalue weighted by Crippen LogP contribution is 2.22. The van der Waals surface area contributed by atoms with Gasteiger partial charge in [-0.25, -0.2) is 9.38 Å². The van der Waals surface area contributed by atoms with Gasteiger partial charge >= 0.3 is 0 Å². The number of nitrogens with one attached hydrogen (secondary N) is 2. The van der Waals surface area contributed by atoms with E-state index in [1.54, 1.807) is 17.4 Å². The summed E-state index contributed by atoms with van der Waals surface area (Å²) in [7, 11) is 0. The minimum absolute atomic E-state index is 0.195. The molecule has 1 aromatic carbocycles. The minimum Gasteiger partial charge on any atom is -0.378 e. The Labute approximate surface area is 170 Å². The number of anilines is 1. The summed E-state index contributed by atoms with van der Waals surface area (Å²) in [6, 6.07) is 9.62. The third-order valence-electron chi connectivity index (χ3n) is 4.73. The van der Waals surface area contributed by atoms with Crippen LogP contribution in [0.1, 0.15) is 30.2 Å². The Morgan fingerprint density at radius 1 is 1.29 bits per heavy atom. The van der Waals surface area contributed by atoms with Crippen LogP contribution in [0, 0.1) is 5.82 Å². The summed E-state index contributed by atoms with van der Waals surface area (Å²) < 4.78 is 19.9. The number of ether oxygens (including phenoxy) is 1. The molecule has 1 saturated heterocycles. The highest BCUT2D eigenvalue weighted by Gasteiger charge is 2.15. The molecule has 0 bridgehead atoms. The number of morpholine rings is 1. The molecule has 1 aliphatic heterocycles. The van der Waals surface area contributed by atoms with Gasteiger partial charge < -0.3 is 20.3 Å². The first kappa shape index (κ1) is 20.6.